The van der Waals surface area contributed by atoms with Crippen LogP contribution in [0.2, 0.25) is 0 Å². The van der Waals surface area contributed by atoms with E-state index in [4.69, 9.17) is 0 Å². The van der Waals surface area contributed by atoms with Gasteiger partial charge in [0, 0.05) is 19.3 Å². The van der Waals surface area contributed by atoms with Crippen LogP contribution in [0.3, 0.4) is 0 Å². The minimum absolute atomic E-state index is 0.00829. The number of alkyl halides is 3. The third-order valence-electron chi connectivity index (χ3n) is 4.47. The first-order valence-corrected chi connectivity index (χ1v) is 8.34. The second-order valence-electron chi connectivity index (χ2n) is 6.20. The van der Waals surface area contributed by atoms with Gasteiger partial charge < -0.3 is 9.47 Å². The average molecular weight is 391 g/mol. The van der Waals surface area contributed by atoms with Crippen molar-refractivity contribution < 1.29 is 22.4 Å². The lowest BCUT2D eigenvalue weighted by Crippen LogP contribution is -2.39. The Morgan fingerprint density at radius 2 is 1.86 bits per heavy atom. The van der Waals surface area contributed by atoms with Gasteiger partial charge in [-0.05, 0) is 24.3 Å². The minimum Gasteiger partial charge on any atom is -0.329 e. The number of carbonyl (C=O) groups excluding carboxylic acids is 1. The molecule has 6 nitrogen and oxygen atoms in total. The molecule has 1 amide bonds. The molecule has 0 radical (unpaired) electrons. The number of pyridine rings is 1. The van der Waals surface area contributed by atoms with Gasteiger partial charge in [-0.3, -0.25) is 9.78 Å². The summed E-state index contributed by atoms with van der Waals surface area (Å²) in [4.78, 5) is 18.1. The monoisotopic (exact) mass is 391 g/mol. The smallest absolute Gasteiger partial charge is 0.329 e. The topological polar surface area (TPSA) is 63.9 Å². The van der Waals surface area contributed by atoms with Crippen molar-refractivity contribution in [2.24, 2.45) is 0 Å². The van der Waals surface area contributed by atoms with Gasteiger partial charge in [-0.15, -0.1) is 10.2 Å². The number of nitrogens with zero attached hydrogens (tertiary/aromatic N) is 5. The zero-order valence-corrected chi connectivity index (χ0v) is 14.3. The van der Waals surface area contributed by atoms with E-state index in [1.165, 1.54) is 4.90 Å². The Balaban J connectivity index is 1.61. The van der Waals surface area contributed by atoms with Crippen molar-refractivity contribution in [2.45, 2.75) is 19.3 Å². The molecular formula is C18H13F4N5O. The summed E-state index contributed by atoms with van der Waals surface area (Å²) in [5, 5.41) is 8.13. The fourth-order valence-electron chi connectivity index (χ4n) is 3.10. The largest absolute Gasteiger partial charge is 0.419 e. The fourth-order valence-corrected chi connectivity index (χ4v) is 3.10. The highest BCUT2D eigenvalue weighted by atomic mass is 19.4. The number of fused-ring (bicyclic) bond motifs is 1. The maximum Gasteiger partial charge on any atom is 0.419 e. The number of hydrogen-bond donors (Lipinski definition) is 0. The first-order valence-electron chi connectivity index (χ1n) is 8.34. The molecule has 1 aliphatic rings. The molecule has 2 aromatic heterocycles. The lowest BCUT2D eigenvalue weighted by atomic mass is 10.1. The van der Waals surface area contributed by atoms with Crippen LogP contribution in [0, 0.1) is 5.82 Å². The third-order valence-corrected chi connectivity index (χ3v) is 4.47. The van der Waals surface area contributed by atoms with Crippen LogP contribution in [0.1, 0.15) is 21.7 Å². The van der Waals surface area contributed by atoms with E-state index in [9.17, 15) is 22.4 Å². The van der Waals surface area contributed by atoms with Gasteiger partial charge in [-0.25, -0.2) is 4.39 Å². The molecule has 3 aromatic rings. The van der Waals surface area contributed by atoms with Crippen molar-refractivity contribution in [2.75, 3.05) is 6.54 Å². The van der Waals surface area contributed by atoms with Crippen LogP contribution in [0.25, 0.3) is 11.5 Å². The van der Waals surface area contributed by atoms with Crippen LogP contribution >= 0.6 is 0 Å². The van der Waals surface area contributed by atoms with Crippen LogP contribution in [-0.4, -0.2) is 37.1 Å². The highest BCUT2D eigenvalue weighted by molar-refractivity contribution is 5.94. The molecule has 0 spiro atoms. The SMILES string of the molecule is O=C(c1cccc(C(F)(F)F)c1F)N1CCn2c(nnc2-c2ccccn2)C1. The van der Waals surface area contributed by atoms with Crippen molar-refractivity contribution in [1.82, 2.24) is 24.6 Å². The molecule has 0 fully saturated rings. The molecule has 0 saturated heterocycles. The lowest BCUT2D eigenvalue weighted by molar-refractivity contribution is -0.140. The van der Waals surface area contributed by atoms with E-state index in [2.05, 4.69) is 15.2 Å². The highest BCUT2D eigenvalue weighted by Gasteiger charge is 2.36. The van der Waals surface area contributed by atoms with Crippen LogP contribution in [0.4, 0.5) is 17.6 Å². The summed E-state index contributed by atoms with van der Waals surface area (Å²) in [5.74, 6) is -1.40. The molecule has 10 heteroatoms. The Bertz CT molecular complexity index is 1030. The van der Waals surface area contributed by atoms with Crippen molar-refractivity contribution in [3.05, 3.63) is 65.4 Å². The highest BCUT2D eigenvalue weighted by Crippen LogP contribution is 2.33. The van der Waals surface area contributed by atoms with E-state index in [0.717, 1.165) is 12.1 Å². The van der Waals surface area contributed by atoms with E-state index in [-0.39, 0.29) is 13.1 Å². The number of benzene rings is 1. The quantitative estimate of drug-likeness (QED) is 0.630. The Morgan fingerprint density at radius 1 is 1.04 bits per heavy atom. The van der Waals surface area contributed by atoms with Gasteiger partial charge in [0.25, 0.3) is 5.91 Å². The standard InChI is InChI=1S/C18H13F4N5O/c19-15-11(4-3-5-12(15)18(20,21)22)17(28)26-8-9-27-14(10-26)24-25-16(27)13-6-1-2-7-23-13/h1-7H,8-10H2. The molecule has 144 valence electrons. The van der Waals surface area contributed by atoms with Crippen molar-refractivity contribution in [3.8, 4) is 11.5 Å². The molecule has 0 aliphatic carbocycles. The summed E-state index contributed by atoms with van der Waals surface area (Å²) in [6.07, 6.45) is -3.26. The van der Waals surface area contributed by atoms with E-state index >= 15 is 0 Å². The van der Waals surface area contributed by atoms with Gasteiger partial charge in [0.05, 0.1) is 17.7 Å². The summed E-state index contributed by atoms with van der Waals surface area (Å²) in [6, 6.07) is 8.02. The molecule has 1 aromatic carbocycles. The van der Waals surface area contributed by atoms with Crippen molar-refractivity contribution in [1.29, 1.82) is 0 Å². The van der Waals surface area contributed by atoms with E-state index in [0.29, 0.717) is 30.0 Å². The number of aromatic nitrogens is 4. The van der Waals surface area contributed by atoms with Crippen LogP contribution in [0.5, 0.6) is 0 Å². The molecule has 3 heterocycles. The molecule has 0 N–H and O–H groups in total. The first kappa shape index (κ1) is 18.1. The molecule has 1 aliphatic heterocycles. The van der Waals surface area contributed by atoms with Crippen LogP contribution in [-0.2, 0) is 19.3 Å². The van der Waals surface area contributed by atoms with E-state index < -0.39 is 29.0 Å². The number of amides is 1. The van der Waals surface area contributed by atoms with Gasteiger partial charge in [-0.2, -0.15) is 13.2 Å². The second-order valence-corrected chi connectivity index (χ2v) is 6.20. The lowest BCUT2D eigenvalue weighted by Gasteiger charge is -2.28. The summed E-state index contributed by atoms with van der Waals surface area (Å²) in [6.45, 7) is 0.508. The van der Waals surface area contributed by atoms with Crippen LogP contribution in [0.15, 0.2) is 42.6 Å². The molecule has 0 atom stereocenters. The van der Waals surface area contributed by atoms with Gasteiger partial charge in [0.1, 0.15) is 11.5 Å². The predicted molar refractivity (Wildman–Crippen MR) is 89.4 cm³/mol. The Hall–Kier alpha value is -3.30. The molecule has 0 saturated carbocycles. The maximum atomic E-state index is 14.3. The molecule has 0 unspecified atom stereocenters. The molecule has 4 rings (SSSR count). The predicted octanol–water partition coefficient (Wildman–Crippen LogP) is 3.15. The fraction of sp³-hybridized carbons (Fsp3) is 0.222. The van der Waals surface area contributed by atoms with Crippen molar-refractivity contribution in [3.63, 3.8) is 0 Å². The normalized spacial score (nSPS) is 14.1. The molecule has 0 bridgehead atoms. The Kier molecular flexibility index (Phi) is 4.33. The van der Waals surface area contributed by atoms with Crippen LogP contribution < -0.4 is 0 Å². The van der Waals surface area contributed by atoms with Gasteiger partial charge in [0.2, 0.25) is 0 Å². The average Bonchev–Trinajstić information content (AvgIpc) is 3.10. The Labute approximate surface area is 156 Å². The van der Waals surface area contributed by atoms with Crippen molar-refractivity contribution >= 4 is 5.91 Å². The summed E-state index contributed by atoms with van der Waals surface area (Å²) in [5.41, 5.74) is -1.46. The Morgan fingerprint density at radius 3 is 2.57 bits per heavy atom. The zero-order chi connectivity index (χ0) is 19.9. The second kappa shape index (κ2) is 6.70. The summed E-state index contributed by atoms with van der Waals surface area (Å²) >= 11 is 0. The van der Waals surface area contributed by atoms with Gasteiger partial charge >= 0.3 is 6.18 Å². The molecular weight excluding hydrogens is 378 g/mol. The number of rotatable bonds is 2. The number of halogens is 4. The maximum absolute atomic E-state index is 14.3. The van der Waals surface area contributed by atoms with E-state index in [1.54, 1.807) is 29.0 Å². The zero-order valence-electron chi connectivity index (χ0n) is 14.3. The summed E-state index contributed by atoms with van der Waals surface area (Å²) in [7, 11) is 0. The third kappa shape index (κ3) is 3.10. The summed E-state index contributed by atoms with van der Waals surface area (Å²) < 4.78 is 54.8. The number of carbonyl (C=O) groups is 1. The first-order chi connectivity index (χ1) is 13.4. The number of hydrogen-bond acceptors (Lipinski definition) is 4. The molecule has 28 heavy (non-hydrogen) atoms. The van der Waals surface area contributed by atoms with E-state index in [1.807, 2.05) is 0 Å². The van der Waals surface area contributed by atoms with Gasteiger partial charge in [0.15, 0.2) is 11.6 Å². The minimum atomic E-state index is -4.87. The van der Waals surface area contributed by atoms with Gasteiger partial charge in [-0.1, -0.05) is 12.1 Å².